The van der Waals surface area contributed by atoms with Crippen molar-refractivity contribution < 1.29 is 23.5 Å². The molecule has 3 atom stereocenters. The number of halogens is 2. The number of nitrogens with one attached hydrogen (secondary N) is 1. The molecule has 154 valence electrons. The normalized spacial score (nSPS) is 20.0. The van der Waals surface area contributed by atoms with Gasteiger partial charge >= 0.3 is 6.09 Å². The van der Waals surface area contributed by atoms with E-state index in [-0.39, 0.29) is 24.6 Å². The van der Waals surface area contributed by atoms with Gasteiger partial charge in [-0.2, -0.15) is 4.39 Å². The highest BCUT2D eigenvalue weighted by molar-refractivity contribution is 5.86. The zero-order valence-corrected chi connectivity index (χ0v) is 16.2. The Labute approximate surface area is 167 Å². The third-order valence-electron chi connectivity index (χ3n) is 5.03. The van der Waals surface area contributed by atoms with Crippen molar-refractivity contribution in [2.45, 2.75) is 44.4 Å². The average Bonchev–Trinajstić information content (AvgIpc) is 3.08. The molecule has 1 fully saturated rings. The van der Waals surface area contributed by atoms with Gasteiger partial charge in [-0.3, -0.25) is 9.69 Å². The number of carboxylic acid groups (broad SMARTS) is 1. The van der Waals surface area contributed by atoms with Crippen LogP contribution in [0.2, 0.25) is 0 Å². The number of benzene rings is 1. The fraction of sp³-hybridized carbons (Fsp3) is 0.381. The topological polar surface area (TPSA) is 82.5 Å². The molecule has 0 bridgehead atoms. The SMILES string of the molecule is CC(C)c1ccc([C@@H](NC(=O)C2CC(F)CN2C(=O)O)c2ccccc2)nc1F. The van der Waals surface area contributed by atoms with Gasteiger partial charge < -0.3 is 10.4 Å². The molecule has 2 N–H and O–H groups in total. The van der Waals surface area contributed by atoms with E-state index in [2.05, 4.69) is 10.3 Å². The van der Waals surface area contributed by atoms with Crippen LogP contribution < -0.4 is 5.32 Å². The Morgan fingerprint density at radius 1 is 1.21 bits per heavy atom. The zero-order valence-electron chi connectivity index (χ0n) is 16.2. The molecule has 8 heteroatoms. The molecule has 3 rings (SSSR count). The maximum Gasteiger partial charge on any atom is 0.408 e. The van der Waals surface area contributed by atoms with E-state index in [4.69, 9.17) is 0 Å². The number of likely N-dealkylation sites (tertiary alicyclic amines) is 1. The predicted octanol–water partition coefficient (Wildman–Crippen LogP) is 3.64. The minimum atomic E-state index is -1.40. The summed E-state index contributed by atoms with van der Waals surface area (Å²) in [5.74, 6) is -1.31. The number of pyridine rings is 1. The van der Waals surface area contributed by atoms with E-state index in [1.54, 1.807) is 42.5 Å². The molecule has 1 aromatic heterocycles. The molecular weight excluding hydrogens is 380 g/mol. The number of hydrogen-bond acceptors (Lipinski definition) is 3. The van der Waals surface area contributed by atoms with Crippen molar-refractivity contribution in [3.05, 3.63) is 65.2 Å². The number of nitrogens with zero attached hydrogens (tertiary/aromatic N) is 2. The summed E-state index contributed by atoms with van der Waals surface area (Å²) in [6.45, 7) is 3.35. The molecule has 2 heterocycles. The fourth-order valence-corrected chi connectivity index (χ4v) is 3.51. The Bertz CT molecular complexity index is 892. The van der Waals surface area contributed by atoms with Crippen LogP contribution >= 0.6 is 0 Å². The van der Waals surface area contributed by atoms with Gasteiger partial charge in [0.1, 0.15) is 12.2 Å². The van der Waals surface area contributed by atoms with Crippen LogP contribution in [0.3, 0.4) is 0 Å². The number of hydrogen-bond donors (Lipinski definition) is 2. The third-order valence-corrected chi connectivity index (χ3v) is 5.03. The molecule has 1 aromatic carbocycles. The first-order valence-electron chi connectivity index (χ1n) is 9.43. The van der Waals surface area contributed by atoms with Crippen molar-refractivity contribution in [2.75, 3.05) is 6.54 Å². The molecule has 6 nitrogen and oxygen atoms in total. The minimum Gasteiger partial charge on any atom is -0.465 e. The Balaban J connectivity index is 1.92. The smallest absolute Gasteiger partial charge is 0.408 e. The van der Waals surface area contributed by atoms with Crippen molar-refractivity contribution in [2.24, 2.45) is 0 Å². The summed E-state index contributed by atoms with van der Waals surface area (Å²) >= 11 is 0. The van der Waals surface area contributed by atoms with Gasteiger partial charge in [-0.25, -0.2) is 14.2 Å². The second kappa shape index (κ2) is 8.55. The number of carbonyl (C=O) groups excluding carboxylic acids is 1. The summed E-state index contributed by atoms with van der Waals surface area (Å²) < 4.78 is 28.2. The van der Waals surface area contributed by atoms with E-state index in [9.17, 15) is 23.5 Å². The molecule has 0 aliphatic carbocycles. The van der Waals surface area contributed by atoms with E-state index >= 15 is 0 Å². The molecule has 0 spiro atoms. The molecule has 1 saturated heterocycles. The van der Waals surface area contributed by atoms with Crippen LogP contribution in [0, 0.1) is 5.95 Å². The highest BCUT2D eigenvalue weighted by Crippen LogP contribution is 2.26. The third kappa shape index (κ3) is 4.52. The number of aromatic nitrogens is 1. The molecule has 0 radical (unpaired) electrons. The van der Waals surface area contributed by atoms with Crippen molar-refractivity contribution in [3.63, 3.8) is 0 Å². The van der Waals surface area contributed by atoms with Gasteiger partial charge in [0.25, 0.3) is 0 Å². The van der Waals surface area contributed by atoms with Gasteiger partial charge in [0.2, 0.25) is 11.9 Å². The summed E-state index contributed by atoms with van der Waals surface area (Å²) in [6, 6.07) is 10.2. The van der Waals surface area contributed by atoms with Crippen LogP contribution in [0.4, 0.5) is 13.6 Å². The molecule has 2 unspecified atom stereocenters. The molecule has 29 heavy (non-hydrogen) atoms. The second-order valence-electron chi connectivity index (χ2n) is 7.41. The Kier molecular flexibility index (Phi) is 6.10. The van der Waals surface area contributed by atoms with Crippen LogP contribution in [0.15, 0.2) is 42.5 Å². The summed E-state index contributed by atoms with van der Waals surface area (Å²) in [5, 5.41) is 12.0. The summed E-state index contributed by atoms with van der Waals surface area (Å²) in [6.07, 6.45) is -2.97. The van der Waals surface area contributed by atoms with E-state index in [0.717, 1.165) is 4.90 Å². The average molecular weight is 403 g/mol. The number of amides is 2. The van der Waals surface area contributed by atoms with Crippen molar-refractivity contribution in [3.8, 4) is 0 Å². The highest BCUT2D eigenvalue weighted by atomic mass is 19.1. The van der Waals surface area contributed by atoms with Crippen molar-refractivity contribution >= 4 is 12.0 Å². The largest absolute Gasteiger partial charge is 0.465 e. The summed E-state index contributed by atoms with van der Waals surface area (Å²) in [7, 11) is 0. The summed E-state index contributed by atoms with van der Waals surface area (Å²) in [5.41, 5.74) is 1.39. The molecule has 2 amide bonds. The van der Waals surface area contributed by atoms with Crippen LogP contribution in [-0.2, 0) is 4.79 Å². The van der Waals surface area contributed by atoms with E-state index < -0.39 is 36.2 Å². The van der Waals surface area contributed by atoms with Crippen LogP contribution in [-0.4, -0.2) is 45.7 Å². The Hall–Kier alpha value is -3.03. The lowest BCUT2D eigenvalue weighted by atomic mass is 9.99. The lowest BCUT2D eigenvalue weighted by molar-refractivity contribution is -0.125. The molecule has 0 saturated carbocycles. The first-order chi connectivity index (χ1) is 13.8. The number of carbonyl (C=O) groups is 2. The van der Waals surface area contributed by atoms with Crippen LogP contribution in [0.5, 0.6) is 0 Å². The highest BCUT2D eigenvalue weighted by Gasteiger charge is 2.40. The van der Waals surface area contributed by atoms with Gasteiger partial charge in [0.15, 0.2) is 0 Å². The Morgan fingerprint density at radius 3 is 2.48 bits per heavy atom. The van der Waals surface area contributed by atoms with Gasteiger partial charge in [0, 0.05) is 12.0 Å². The van der Waals surface area contributed by atoms with Gasteiger partial charge in [0.05, 0.1) is 18.3 Å². The van der Waals surface area contributed by atoms with E-state index in [1.165, 1.54) is 0 Å². The maximum absolute atomic E-state index is 14.5. The lowest BCUT2D eigenvalue weighted by Crippen LogP contribution is -2.46. The molecule has 2 aromatic rings. The first-order valence-corrected chi connectivity index (χ1v) is 9.43. The minimum absolute atomic E-state index is 0.0505. The standard InChI is InChI=1S/C21H23F2N3O3/c1-12(2)15-8-9-16(24-19(15)23)18(13-6-4-3-5-7-13)25-20(27)17-10-14(22)11-26(17)21(28)29/h3-9,12,14,17-18H,10-11H2,1-2H3,(H,25,27)(H,28,29)/t14?,17?,18-/m0/s1. The lowest BCUT2D eigenvalue weighted by Gasteiger charge is -2.25. The maximum atomic E-state index is 14.5. The predicted molar refractivity (Wildman–Crippen MR) is 103 cm³/mol. The van der Waals surface area contributed by atoms with Crippen LogP contribution in [0.1, 0.15) is 49.0 Å². The first kappa shape index (κ1) is 20.7. The van der Waals surface area contributed by atoms with Crippen LogP contribution in [0.25, 0.3) is 0 Å². The number of alkyl halides is 1. The monoisotopic (exact) mass is 403 g/mol. The summed E-state index contributed by atoms with van der Waals surface area (Å²) in [4.78, 5) is 29.0. The second-order valence-corrected chi connectivity index (χ2v) is 7.41. The Morgan fingerprint density at radius 2 is 1.90 bits per heavy atom. The molecule has 1 aliphatic rings. The molecular formula is C21H23F2N3O3. The van der Waals surface area contributed by atoms with Crippen molar-refractivity contribution in [1.82, 2.24) is 15.2 Å². The zero-order chi connectivity index (χ0) is 21.1. The molecule has 1 aliphatic heterocycles. The number of rotatable bonds is 5. The van der Waals surface area contributed by atoms with Crippen molar-refractivity contribution in [1.29, 1.82) is 0 Å². The fourth-order valence-electron chi connectivity index (χ4n) is 3.51. The van der Waals surface area contributed by atoms with Gasteiger partial charge in [-0.05, 0) is 17.5 Å². The van der Waals surface area contributed by atoms with E-state index in [0.29, 0.717) is 11.1 Å². The van der Waals surface area contributed by atoms with Gasteiger partial charge in [-0.15, -0.1) is 0 Å². The van der Waals surface area contributed by atoms with Gasteiger partial charge in [-0.1, -0.05) is 50.2 Å². The van der Waals surface area contributed by atoms with E-state index in [1.807, 2.05) is 13.8 Å². The quantitative estimate of drug-likeness (QED) is 0.747.